The molecule has 0 aliphatic carbocycles. The highest BCUT2D eigenvalue weighted by Gasteiger charge is 2.21. The van der Waals surface area contributed by atoms with Crippen LogP contribution in [0.1, 0.15) is 25.3 Å². The molecule has 1 N–H and O–H groups in total. The Morgan fingerprint density at radius 1 is 1.56 bits per heavy atom. The lowest BCUT2D eigenvalue weighted by atomic mass is 9.93. The van der Waals surface area contributed by atoms with Crippen LogP contribution in [0.15, 0.2) is 18.2 Å². The van der Waals surface area contributed by atoms with E-state index in [1.807, 2.05) is 0 Å². The Hall–Kier alpha value is -0.600. The molecule has 1 aliphatic heterocycles. The molecule has 1 heterocycles. The van der Waals surface area contributed by atoms with Gasteiger partial charge in [0.15, 0.2) is 0 Å². The van der Waals surface area contributed by atoms with Gasteiger partial charge in [-0.25, -0.2) is 4.39 Å². The molecule has 16 heavy (non-hydrogen) atoms. The summed E-state index contributed by atoms with van der Waals surface area (Å²) < 4.78 is 13.1. The Bertz CT molecular complexity index is 361. The van der Waals surface area contributed by atoms with Gasteiger partial charge in [-0.15, -0.1) is 0 Å². The minimum absolute atomic E-state index is 0.203. The summed E-state index contributed by atoms with van der Waals surface area (Å²) in [6.07, 6.45) is 3.30. The number of nitrogens with one attached hydrogen (secondary N) is 1. The van der Waals surface area contributed by atoms with Gasteiger partial charge in [-0.3, -0.25) is 0 Å². The number of hydrogen-bond donors (Lipinski definition) is 1. The van der Waals surface area contributed by atoms with E-state index in [-0.39, 0.29) is 5.82 Å². The van der Waals surface area contributed by atoms with Crippen LogP contribution in [0.5, 0.6) is 0 Å². The molecule has 1 aromatic carbocycles. The molecule has 1 aliphatic rings. The fourth-order valence-electron chi connectivity index (χ4n) is 2.39. The molecule has 2 rings (SSSR count). The van der Waals surface area contributed by atoms with Crippen LogP contribution < -0.4 is 5.32 Å². The van der Waals surface area contributed by atoms with Crippen LogP contribution >= 0.6 is 11.6 Å². The standard InChI is InChI=1S/C13H17ClFN/c1-9(13-3-2-6-16-13)7-10-8-11(15)4-5-12(10)14/h4-5,8-9,13,16H,2-3,6-7H2,1H3. The average molecular weight is 242 g/mol. The first kappa shape index (κ1) is 11.9. The molecule has 2 atom stereocenters. The predicted molar refractivity (Wildman–Crippen MR) is 65.3 cm³/mol. The van der Waals surface area contributed by atoms with E-state index >= 15 is 0 Å². The van der Waals surface area contributed by atoms with Gasteiger partial charge >= 0.3 is 0 Å². The highest BCUT2D eigenvalue weighted by atomic mass is 35.5. The molecule has 1 nitrogen and oxygen atoms in total. The van der Waals surface area contributed by atoms with E-state index < -0.39 is 0 Å². The van der Waals surface area contributed by atoms with E-state index in [4.69, 9.17) is 11.6 Å². The third-order valence-corrected chi connectivity index (χ3v) is 3.70. The second kappa shape index (κ2) is 5.15. The maximum Gasteiger partial charge on any atom is 0.123 e. The van der Waals surface area contributed by atoms with E-state index in [1.54, 1.807) is 12.1 Å². The van der Waals surface area contributed by atoms with E-state index in [1.165, 1.54) is 18.9 Å². The van der Waals surface area contributed by atoms with Crippen molar-refractivity contribution in [3.63, 3.8) is 0 Å². The van der Waals surface area contributed by atoms with Gasteiger partial charge in [0.25, 0.3) is 0 Å². The zero-order valence-corrected chi connectivity index (χ0v) is 10.2. The molecule has 0 saturated carbocycles. The molecule has 0 spiro atoms. The average Bonchev–Trinajstić information content (AvgIpc) is 2.76. The molecule has 0 amide bonds. The smallest absolute Gasteiger partial charge is 0.123 e. The van der Waals surface area contributed by atoms with Crippen LogP contribution in [0, 0.1) is 11.7 Å². The quantitative estimate of drug-likeness (QED) is 0.855. The summed E-state index contributed by atoms with van der Waals surface area (Å²) in [5, 5.41) is 4.15. The summed E-state index contributed by atoms with van der Waals surface area (Å²) in [4.78, 5) is 0. The van der Waals surface area contributed by atoms with Crippen LogP contribution in [0.3, 0.4) is 0 Å². The second-order valence-corrected chi connectivity index (χ2v) is 5.03. The lowest BCUT2D eigenvalue weighted by Gasteiger charge is -2.19. The first-order chi connectivity index (χ1) is 7.66. The van der Waals surface area contributed by atoms with E-state index in [2.05, 4.69) is 12.2 Å². The summed E-state index contributed by atoms with van der Waals surface area (Å²) in [6, 6.07) is 5.15. The Labute approximate surface area is 101 Å². The molecule has 88 valence electrons. The molecule has 2 unspecified atom stereocenters. The number of hydrogen-bond acceptors (Lipinski definition) is 1. The van der Waals surface area contributed by atoms with Crippen molar-refractivity contribution in [3.8, 4) is 0 Å². The van der Waals surface area contributed by atoms with Crippen LogP contribution in [0.2, 0.25) is 5.02 Å². The molecule has 0 radical (unpaired) electrons. The van der Waals surface area contributed by atoms with Gasteiger partial charge in [-0.1, -0.05) is 18.5 Å². The fourth-order valence-corrected chi connectivity index (χ4v) is 2.58. The number of benzene rings is 1. The van der Waals surface area contributed by atoms with Crippen molar-refractivity contribution in [2.75, 3.05) is 6.54 Å². The molecule has 1 saturated heterocycles. The highest BCUT2D eigenvalue weighted by Crippen LogP contribution is 2.24. The SMILES string of the molecule is CC(Cc1cc(F)ccc1Cl)C1CCCN1. The molecular weight excluding hydrogens is 225 g/mol. The fraction of sp³-hybridized carbons (Fsp3) is 0.538. The van der Waals surface area contributed by atoms with Crippen LogP contribution in [0.4, 0.5) is 4.39 Å². The van der Waals surface area contributed by atoms with Crippen molar-refractivity contribution in [2.45, 2.75) is 32.2 Å². The second-order valence-electron chi connectivity index (χ2n) is 4.62. The third-order valence-electron chi connectivity index (χ3n) is 3.33. The Kier molecular flexibility index (Phi) is 3.82. The summed E-state index contributed by atoms with van der Waals surface area (Å²) in [7, 11) is 0. The Morgan fingerprint density at radius 3 is 3.06 bits per heavy atom. The van der Waals surface area contributed by atoms with Gasteiger partial charge in [0.1, 0.15) is 5.82 Å². The topological polar surface area (TPSA) is 12.0 Å². The van der Waals surface area contributed by atoms with Crippen molar-refractivity contribution in [2.24, 2.45) is 5.92 Å². The maximum atomic E-state index is 13.1. The van der Waals surface area contributed by atoms with E-state index in [0.29, 0.717) is 17.0 Å². The van der Waals surface area contributed by atoms with E-state index in [0.717, 1.165) is 18.5 Å². The Balaban J connectivity index is 2.04. The molecule has 0 aromatic heterocycles. The number of rotatable bonds is 3. The van der Waals surface area contributed by atoms with Gasteiger partial charge in [0.2, 0.25) is 0 Å². The summed E-state index contributed by atoms with van der Waals surface area (Å²) >= 11 is 6.06. The van der Waals surface area contributed by atoms with Crippen LogP contribution in [0.25, 0.3) is 0 Å². The lowest BCUT2D eigenvalue weighted by Crippen LogP contribution is -2.29. The summed E-state index contributed by atoms with van der Waals surface area (Å²) in [5.74, 6) is 0.299. The first-order valence-electron chi connectivity index (χ1n) is 5.84. The minimum atomic E-state index is -0.203. The van der Waals surface area contributed by atoms with Crippen molar-refractivity contribution < 1.29 is 4.39 Å². The van der Waals surface area contributed by atoms with Gasteiger partial charge < -0.3 is 5.32 Å². The molecule has 0 bridgehead atoms. The predicted octanol–water partition coefficient (Wildman–Crippen LogP) is 3.41. The number of halogens is 2. The molecular formula is C13H17ClFN. The summed E-state index contributed by atoms with van der Waals surface area (Å²) in [5.41, 5.74) is 0.919. The van der Waals surface area contributed by atoms with Crippen molar-refractivity contribution in [1.29, 1.82) is 0 Å². The minimum Gasteiger partial charge on any atom is -0.314 e. The van der Waals surface area contributed by atoms with Crippen LogP contribution in [-0.2, 0) is 6.42 Å². The highest BCUT2D eigenvalue weighted by molar-refractivity contribution is 6.31. The normalized spacial score (nSPS) is 22.3. The third kappa shape index (κ3) is 2.74. The lowest BCUT2D eigenvalue weighted by molar-refractivity contribution is 0.417. The molecule has 1 aromatic rings. The van der Waals surface area contributed by atoms with Crippen LogP contribution in [-0.4, -0.2) is 12.6 Å². The Morgan fingerprint density at radius 2 is 2.38 bits per heavy atom. The zero-order chi connectivity index (χ0) is 11.5. The van der Waals surface area contributed by atoms with Crippen molar-refractivity contribution in [1.82, 2.24) is 5.32 Å². The van der Waals surface area contributed by atoms with Gasteiger partial charge in [-0.2, -0.15) is 0 Å². The van der Waals surface area contributed by atoms with E-state index in [9.17, 15) is 4.39 Å². The molecule has 1 fully saturated rings. The van der Waals surface area contributed by atoms with Gasteiger partial charge in [-0.05, 0) is 55.5 Å². The summed E-state index contributed by atoms with van der Waals surface area (Å²) in [6.45, 7) is 3.30. The maximum absolute atomic E-state index is 13.1. The zero-order valence-electron chi connectivity index (χ0n) is 9.47. The van der Waals surface area contributed by atoms with Gasteiger partial charge in [0.05, 0.1) is 0 Å². The first-order valence-corrected chi connectivity index (χ1v) is 6.22. The monoisotopic (exact) mass is 241 g/mol. The largest absolute Gasteiger partial charge is 0.314 e. The van der Waals surface area contributed by atoms with Gasteiger partial charge in [0, 0.05) is 11.1 Å². The van der Waals surface area contributed by atoms with Crippen molar-refractivity contribution in [3.05, 3.63) is 34.6 Å². The molecule has 3 heteroatoms. The van der Waals surface area contributed by atoms with Crippen molar-refractivity contribution >= 4 is 11.6 Å².